The summed E-state index contributed by atoms with van der Waals surface area (Å²) in [6, 6.07) is 13.5. The van der Waals surface area contributed by atoms with Gasteiger partial charge in [-0.05, 0) is 150 Å². The van der Waals surface area contributed by atoms with Crippen molar-refractivity contribution in [1.29, 1.82) is 0 Å². The average Bonchev–Trinajstić information content (AvgIpc) is 1.72. The summed E-state index contributed by atoms with van der Waals surface area (Å²) in [5.41, 5.74) is 0.567. The number of benzene rings is 3. The Kier molecular flexibility index (Phi) is 21.2. The molecule has 0 unspecified atom stereocenters. The molecule has 0 atom stereocenters. The van der Waals surface area contributed by atoms with E-state index >= 15 is 0 Å². The topological polar surface area (TPSA) is 298 Å². The number of nitrogens with zero attached hydrogens (tertiary/aromatic N) is 3. The van der Waals surface area contributed by atoms with Crippen LogP contribution in [0.1, 0.15) is 196 Å². The van der Waals surface area contributed by atoms with Crippen molar-refractivity contribution in [3.05, 3.63) is 155 Å². The first-order chi connectivity index (χ1) is 48.2. The van der Waals surface area contributed by atoms with Crippen molar-refractivity contribution < 1.29 is 97.7 Å². The Balaban J connectivity index is 0.000000166. The van der Waals surface area contributed by atoms with E-state index in [4.69, 9.17) is 11.6 Å². The first-order valence-corrected chi connectivity index (χ1v) is 33.6. The maximum Gasteiger partial charge on any atom is 0.293 e. The summed E-state index contributed by atoms with van der Waals surface area (Å²) in [5, 5.41) is 34.3. The van der Waals surface area contributed by atoms with Gasteiger partial charge < -0.3 is 55.8 Å². The van der Waals surface area contributed by atoms with Gasteiger partial charge in [-0.2, -0.15) is 0 Å². The third-order valence-corrected chi connectivity index (χ3v) is 20.3. The number of carbonyl (C=O) groups is 10. The van der Waals surface area contributed by atoms with Gasteiger partial charge >= 0.3 is 0 Å². The number of carbonyl (C=O) groups excluding carboxylic acids is 10. The van der Waals surface area contributed by atoms with Crippen LogP contribution in [0, 0.1) is 47.4 Å². The summed E-state index contributed by atoms with van der Waals surface area (Å²) in [5.74, 6) is -18.0. The molecule has 0 bridgehead atoms. The fourth-order valence-corrected chi connectivity index (χ4v) is 15.1. The Morgan fingerprint density at radius 1 is 0.485 bits per heavy atom. The average molecular weight is 1460 g/mol. The number of fused-ring (bicyclic) bond motifs is 3. The van der Waals surface area contributed by atoms with Crippen LogP contribution >= 0.6 is 11.6 Å². The van der Waals surface area contributed by atoms with E-state index in [9.17, 15) is 97.7 Å². The molecule has 0 radical (unpaired) electrons. The number of nitrogens with one attached hydrogen (secondary N) is 6. The van der Waals surface area contributed by atoms with Crippen molar-refractivity contribution in [1.82, 2.24) is 29.7 Å². The Morgan fingerprint density at radius 3 is 1.16 bits per heavy atom. The van der Waals surface area contributed by atoms with Crippen LogP contribution in [0.25, 0.3) is 0 Å². The van der Waals surface area contributed by atoms with Crippen LogP contribution in [0.4, 0.5) is 56.6 Å². The minimum atomic E-state index is -3.11. The first kappa shape index (κ1) is 76.2. The third-order valence-electron chi connectivity index (χ3n) is 19.9. The molecule has 0 spiro atoms. The highest BCUT2D eigenvalue weighted by Gasteiger charge is 2.62. The maximum atomic E-state index is 13.9. The Bertz CT molecular complexity index is 4350. The van der Waals surface area contributed by atoms with Gasteiger partial charge in [-0.3, -0.25) is 47.9 Å². The smallest absolute Gasteiger partial charge is 0.293 e. The second-order valence-corrected chi connectivity index (χ2v) is 27.9. The molecule has 21 nitrogen and oxygen atoms in total. The molecule has 3 aliphatic heterocycles. The number of aliphatic hydroxyl groups is 2. The van der Waals surface area contributed by atoms with E-state index in [1.165, 1.54) is 58.0 Å². The van der Waals surface area contributed by atoms with Crippen LogP contribution in [-0.4, -0.2) is 130 Å². The van der Waals surface area contributed by atoms with E-state index in [1.54, 1.807) is 51.8 Å². The van der Waals surface area contributed by atoms with Crippen LogP contribution in [-0.2, 0) is 58.1 Å². The van der Waals surface area contributed by atoms with Crippen LogP contribution in [0.3, 0.4) is 0 Å². The molecular formula is C72H75ClF9N9O12. The SMILES string of the molecule is CCC(=O)C1(NC(=O)C(=O)c2c(C)c(C(=O)Nc3ccc(C)c(C(F)F)c3)n3c2CCC3)CC(F)(F)C1.Cc1ccc(NC(=O)c2c(C)c(C(=O)C(=O)NC3(CO)CC(F)(F)C3)c3n2CCC3)cc1Cl.Cc1ccc(NC(=O)c2c(C)c(C(=O)C(=O)NC3(CO)CC(F)(F)C3)c3n2CCC3)cc1F. The molecule has 6 heterocycles. The minimum Gasteiger partial charge on any atom is -0.394 e. The standard InChI is InChI=1S/C26H27F4N3O4.C23H24ClF2N3O4.C23H24F3N3O4/c1-4-18(34)25(11-26(29,30)12-25)32-24(37)21(35)19-14(3)20(33-9-5-6-17(19)33)23(36)31-15-8-7-13(2)16(10-15)22(27)28;2*1-12-5-6-14(8-15(12)24)27-20(32)18-13(2)17(16-4-3-7-29(16)18)19(31)21(33)28-22(11-30)9-23(25,26)10-22/h7-8,10,22H,4-6,9,11-12H2,1-3H3,(H,31,36)(H,32,37);2*5-6,8,30H,3-4,7,9-11H2,1-2H3,(H,27,32)(H,28,33). The number of aromatic nitrogens is 3. The second kappa shape index (κ2) is 28.7. The zero-order valence-corrected chi connectivity index (χ0v) is 57.9. The van der Waals surface area contributed by atoms with Crippen molar-refractivity contribution in [2.24, 2.45) is 0 Å². The molecule has 12 rings (SSSR count). The first-order valence-electron chi connectivity index (χ1n) is 33.2. The van der Waals surface area contributed by atoms with Gasteiger partial charge in [-0.1, -0.05) is 36.7 Å². The molecule has 8 N–H and O–H groups in total. The molecule has 0 saturated heterocycles. The largest absolute Gasteiger partial charge is 0.394 e. The number of hydrogen-bond acceptors (Lipinski definition) is 12. The van der Waals surface area contributed by atoms with E-state index in [2.05, 4.69) is 31.9 Å². The lowest BCUT2D eigenvalue weighted by Crippen LogP contribution is -2.67. The van der Waals surface area contributed by atoms with Gasteiger partial charge in [0, 0.05) is 109 Å². The zero-order chi connectivity index (χ0) is 75.5. The summed E-state index contributed by atoms with van der Waals surface area (Å²) < 4.78 is 126. The highest BCUT2D eigenvalue weighted by molar-refractivity contribution is 6.45. The number of Topliss-reactive ketones (excluding diaryl/α,β-unsaturated/α-hetero) is 4. The third kappa shape index (κ3) is 15.1. The summed E-state index contributed by atoms with van der Waals surface area (Å²) in [6.45, 7) is 11.0. The molecule has 550 valence electrons. The molecule has 6 aromatic rings. The van der Waals surface area contributed by atoms with Gasteiger partial charge in [0.1, 0.15) is 28.4 Å². The van der Waals surface area contributed by atoms with Gasteiger partial charge in [0.15, 0.2) is 5.78 Å². The van der Waals surface area contributed by atoms with E-state index in [0.29, 0.717) is 103 Å². The number of amides is 6. The second-order valence-electron chi connectivity index (χ2n) is 27.5. The lowest BCUT2D eigenvalue weighted by atomic mass is 9.69. The Hall–Kier alpha value is -9.42. The number of hydrogen-bond donors (Lipinski definition) is 8. The summed E-state index contributed by atoms with van der Waals surface area (Å²) >= 11 is 6.14. The maximum absolute atomic E-state index is 13.9. The molecule has 31 heteroatoms. The fraction of sp³-hybridized carbons (Fsp3) is 0.444. The molecule has 3 aliphatic carbocycles. The van der Waals surface area contributed by atoms with Crippen molar-refractivity contribution in [3.63, 3.8) is 0 Å². The predicted molar refractivity (Wildman–Crippen MR) is 357 cm³/mol. The van der Waals surface area contributed by atoms with Crippen LogP contribution in [0.5, 0.6) is 0 Å². The molecule has 3 fully saturated rings. The number of rotatable bonds is 20. The summed E-state index contributed by atoms with van der Waals surface area (Å²) in [6.07, 6.45) is -4.18. The highest BCUT2D eigenvalue weighted by Crippen LogP contribution is 2.49. The lowest BCUT2D eigenvalue weighted by Gasteiger charge is -2.46. The molecule has 6 amide bonds. The van der Waals surface area contributed by atoms with E-state index in [1.807, 2.05) is 6.92 Å². The zero-order valence-electron chi connectivity index (χ0n) is 57.1. The fourth-order valence-electron chi connectivity index (χ4n) is 14.9. The Morgan fingerprint density at radius 2 is 0.825 bits per heavy atom. The Labute approximate surface area is 589 Å². The van der Waals surface area contributed by atoms with E-state index < -0.39 is 157 Å². The summed E-state index contributed by atoms with van der Waals surface area (Å²) in [7, 11) is 0. The number of halogens is 10. The normalized spacial score (nSPS) is 17.6. The quantitative estimate of drug-likeness (QED) is 0.0201. The number of alkyl halides is 8. The van der Waals surface area contributed by atoms with Gasteiger partial charge in [0.2, 0.25) is 0 Å². The number of ketones is 4. The van der Waals surface area contributed by atoms with Crippen LogP contribution in [0.2, 0.25) is 5.02 Å². The summed E-state index contributed by atoms with van der Waals surface area (Å²) in [4.78, 5) is 129. The van der Waals surface area contributed by atoms with Crippen LogP contribution in [0.15, 0.2) is 54.6 Å². The minimum absolute atomic E-state index is 0.0116. The van der Waals surface area contributed by atoms with Gasteiger partial charge in [-0.15, -0.1) is 0 Å². The van der Waals surface area contributed by atoms with Crippen LogP contribution < -0.4 is 31.9 Å². The lowest BCUT2D eigenvalue weighted by molar-refractivity contribution is -0.163. The van der Waals surface area contributed by atoms with E-state index in [0.717, 1.165) is 5.56 Å². The van der Waals surface area contributed by atoms with Crippen molar-refractivity contribution >= 4 is 87.2 Å². The molecule has 103 heavy (non-hydrogen) atoms. The van der Waals surface area contributed by atoms with Crippen molar-refractivity contribution in [2.75, 3.05) is 29.2 Å². The van der Waals surface area contributed by atoms with Crippen molar-refractivity contribution in [2.45, 2.75) is 192 Å². The number of anilines is 3. The van der Waals surface area contributed by atoms with Gasteiger partial charge in [0.05, 0.1) is 41.0 Å². The highest BCUT2D eigenvalue weighted by atomic mass is 35.5. The monoisotopic (exact) mass is 1460 g/mol. The number of aliphatic hydroxyl groups excluding tert-OH is 2. The van der Waals surface area contributed by atoms with Crippen molar-refractivity contribution in [3.8, 4) is 0 Å². The van der Waals surface area contributed by atoms with E-state index in [-0.39, 0.29) is 68.3 Å². The molecular weight excluding hydrogens is 1390 g/mol. The predicted octanol–water partition coefficient (Wildman–Crippen LogP) is 11.0. The van der Waals surface area contributed by atoms with Gasteiger partial charge in [-0.25, -0.2) is 39.5 Å². The van der Waals surface area contributed by atoms with Gasteiger partial charge in [0.25, 0.3) is 77.0 Å². The molecule has 6 aliphatic rings. The molecule has 3 saturated carbocycles. The molecule has 3 aromatic carbocycles. The number of aryl methyl sites for hydroxylation is 3. The molecule has 3 aromatic heterocycles.